The molecule has 0 aliphatic carbocycles. The summed E-state index contributed by atoms with van der Waals surface area (Å²) in [6.07, 6.45) is -0.195. The number of hydrogen-bond donors (Lipinski definition) is 1. The minimum Gasteiger partial charge on any atom is -0.495 e. The Hall–Kier alpha value is -3.59. The van der Waals surface area contributed by atoms with Crippen molar-refractivity contribution in [3.8, 4) is 11.5 Å². The molecule has 1 N–H and O–H groups in total. The third-order valence-electron chi connectivity index (χ3n) is 4.46. The van der Waals surface area contributed by atoms with Gasteiger partial charge in [0.2, 0.25) is 0 Å². The molecule has 0 aliphatic heterocycles. The number of anilines is 1. The average molecular weight is 446 g/mol. The third kappa shape index (κ3) is 4.95. The topological polar surface area (TPSA) is 109 Å². The number of methoxy groups -OCH3 is 2. The number of carbonyl (C=O) groups is 2. The summed E-state index contributed by atoms with van der Waals surface area (Å²) in [5.74, 6) is -0.515. The van der Waals surface area contributed by atoms with E-state index in [1.807, 2.05) is 0 Å². The number of nitrogens with one attached hydrogen (secondary N) is 1. The predicted octanol–water partition coefficient (Wildman–Crippen LogP) is 2.33. The Balaban J connectivity index is 1.66. The number of halogens is 1. The van der Waals surface area contributed by atoms with Gasteiger partial charge in [0.05, 0.1) is 42.4 Å². The summed E-state index contributed by atoms with van der Waals surface area (Å²) in [4.78, 5) is 36.7. The van der Waals surface area contributed by atoms with Crippen molar-refractivity contribution in [2.24, 2.45) is 7.05 Å². The molecule has 0 spiro atoms. The summed E-state index contributed by atoms with van der Waals surface area (Å²) in [5, 5.41) is 8.01. The van der Waals surface area contributed by atoms with Crippen LogP contribution in [0.3, 0.4) is 0 Å². The molecule has 0 atom stereocenters. The van der Waals surface area contributed by atoms with Crippen molar-refractivity contribution in [2.75, 3.05) is 26.1 Å². The molecule has 3 aromatic rings. The summed E-state index contributed by atoms with van der Waals surface area (Å²) in [5.41, 5.74) is 0.422. The van der Waals surface area contributed by atoms with E-state index in [0.29, 0.717) is 33.7 Å². The number of carbonyl (C=O) groups excluding carboxylic acids is 2. The van der Waals surface area contributed by atoms with Crippen molar-refractivity contribution in [2.45, 2.75) is 6.42 Å². The number of benzene rings is 2. The molecule has 0 unspecified atom stereocenters. The lowest BCUT2D eigenvalue weighted by Gasteiger charge is -2.13. The van der Waals surface area contributed by atoms with Crippen LogP contribution in [-0.2, 0) is 27.8 Å². The van der Waals surface area contributed by atoms with Crippen molar-refractivity contribution < 1.29 is 23.8 Å². The summed E-state index contributed by atoms with van der Waals surface area (Å²) in [6, 6.07) is 9.85. The van der Waals surface area contributed by atoms with Gasteiger partial charge in [-0.25, -0.2) is 4.68 Å². The molecule has 0 bridgehead atoms. The summed E-state index contributed by atoms with van der Waals surface area (Å²) < 4.78 is 16.6. The van der Waals surface area contributed by atoms with Crippen LogP contribution >= 0.6 is 11.6 Å². The zero-order valence-corrected chi connectivity index (χ0v) is 17.9. The summed E-state index contributed by atoms with van der Waals surface area (Å²) >= 11 is 6.08. The Kier molecular flexibility index (Phi) is 6.76. The summed E-state index contributed by atoms with van der Waals surface area (Å²) in [7, 11) is 4.40. The minimum atomic E-state index is -0.661. The van der Waals surface area contributed by atoms with E-state index in [1.165, 1.54) is 33.4 Å². The van der Waals surface area contributed by atoms with Gasteiger partial charge in [-0.3, -0.25) is 14.4 Å². The van der Waals surface area contributed by atoms with Gasteiger partial charge < -0.3 is 19.5 Å². The lowest BCUT2D eigenvalue weighted by atomic mass is 10.1. The third-order valence-corrected chi connectivity index (χ3v) is 4.75. The second-order valence-electron chi connectivity index (χ2n) is 6.49. The van der Waals surface area contributed by atoms with Gasteiger partial charge >= 0.3 is 5.97 Å². The first kappa shape index (κ1) is 22.1. The molecule has 0 fully saturated rings. The van der Waals surface area contributed by atoms with Crippen LogP contribution in [0, 0.1) is 0 Å². The zero-order valence-electron chi connectivity index (χ0n) is 17.1. The highest BCUT2D eigenvalue weighted by Crippen LogP contribution is 2.35. The fourth-order valence-corrected chi connectivity index (χ4v) is 3.23. The van der Waals surface area contributed by atoms with Gasteiger partial charge in [0, 0.05) is 18.5 Å². The highest BCUT2D eigenvalue weighted by Gasteiger charge is 2.16. The monoisotopic (exact) mass is 445 g/mol. The van der Waals surface area contributed by atoms with E-state index in [-0.39, 0.29) is 17.0 Å². The van der Waals surface area contributed by atoms with E-state index < -0.39 is 18.5 Å². The van der Waals surface area contributed by atoms with Crippen molar-refractivity contribution >= 4 is 39.9 Å². The quantitative estimate of drug-likeness (QED) is 0.556. The fourth-order valence-electron chi connectivity index (χ4n) is 2.98. The molecule has 162 valence electrons. The number of ether oxygens (including phenoxy) is 3. The number of rotatable bonds is 7. The van der Waals surface area contributed by atoms with Crippen LogP contribution in [0.4, 0.5) is 5.69 Å². The van der Waals surface area contributed by atoms with E-state index >= 15 is 0 Å². The first-order chi connectivity index (χ1) is 14.8. The number of hydrogen-bond acceptors (Lipinski definition) is 7. The second kappa shape index (κ2) is 9.48. The first-order valence-corrected chi connectivity index (χ1v) is 9.53. The van der Waals surface area contributed by atoms with E-state index in [1.54, 1.807) is 24.3 Å². The van der Waals surface area contributed by atoms with Gasteiger partial charge in [0.1, 0.15) is 11.5 Å². The fraction of sp³-hybridized carbons (Fsp3) is 0.238. The molecule has 0 radical (unpaired) electrons. The molecular weight excluding hydrogens is 426 g/mol. The second-order valence-corrected chi connectivity index (χ2v) is 6.90. The Bertz CT molecular complexity index is 1210. The van der Waals surface area contributed by atoms with Gasteiger partial charge in [-0.1, -0.05) is 29.8 Å². The maximum absolute atomic E-state index is 12.3. The standard InChI is InChI=1S/C21H20ClN3O6/c1-25-21(28)13-7-5-4-6-12(13)15(24-25)9-20(27)31-11-19(26)23-16-8-14(22)17(29-2)10-18(16)30-3/h4-8,10H,9,11H2,1-3H3,(H,23,26). The van der Waals surface area contributed by atoms with Crippen LogP contribution < -0.4 is 20.3 Å². The largest absolute Gasteiger partial charge is 0.495 e. The van der Waals surface area contributed by atoms with Crippen molar-refractivity contribution in [3.05, 3.63) is 57.5 Å². The highest BCUT2D eigenvalue weighted by molar-refractivity contribution is 6.32. The van der Waals surface area contributed by atoms with Crippen LogP contribution in [0.25, 0.3) is 10.8 Å². The number of amides is 1. The minimum absolute atomic E-state index is 0.195. The zero-order chi connectivity index (χ0) is 22.5. The van der Waals surface area contributed by atoms with Crippen molar-refractivity contribution in [1.82, 2.24) is 9.78 Å². The van der Waals surface area contributed by atoms with Crippen molar-refractivity contribution in [3.63, 3.8) is 0 Å². The first-order valence-electron chi connectivity index (χ1n) is 9.16. The maximum atomic E-state index is 12.3. The van der Waals surface area contributed by atoms with Crippen molar-refractivity contribution in [1.29, 1.82) is 0 Å². The van der Waals surface area contributed by atoms with Gasteiger partial charge in [-0.05, 0) is 12.1 Å². The van der Waals surface area contributed by atoms with Gasteiger partial charge in [0.25, 0.3) is 11.5 Å². The molecule has 0 saturated carbocycles. The molecular formula is C21H20ClN3O6. The molecule has 1 heterocycles. The number of esters is 1. The SMILES string of the molecule is COc1cc(OC)c(NC(=O)COC(=O)Cc2nn(C)c(=O)c3ccccc23)cc1Cl. The Labute approximate surface area is 182 Å². The van der Waals surface area contributed by atoms with E-state index in [9.17, 15) is 14.4 Å². The molecule has 1 amide bonds. The lowest BCUT2D eigenvalue weighted by molar-refractivity contribution is -0.146. The Morgan fingerprint density at radius 1 is 1.10 bits per heavy atom. The molecule has 1 aromatic heterocycles. The molecule has 9 nitrogen and oxygen atoms in total. The molecule has 0 aliphatic rings. The molecule has 10 heteroatoms. The molecule has 2 aromatic carbocycles. The maximum Gasteiger partial charge on any atom is 0.312 e. The van der Waals surface area contributed by atoms with E-state index in [4.69, 9.17) is 25.8 Å². The molecule has 3 rings (SSSR count). The Morgan fingerprint density at radius 2 is 1.77 bits per heavy atom. The highest BCUT2D eigenvalue weighted by atomic mass is 35.5. The van der Waals surface area contributed by atoms with Gasteiger partial charge in [-0.15, -0.1) is 0 Å². The number of aromatic nitrogens is 2. The summed E-state index contributed by atoms with van der Waals surface area (Å²) in [6.45, 7) is -0.519. The average Bonchev–Trinajstić information content (AvgIpc) is 2.76. The number of nitrogens with zero attached hydrogens (tertiary/aromatic N) is 2. The van der Waals surface area contributed by atoms with Crippen LogP contribution in [-0.4, -0.2) is 42.5 Å². The Morgan fingerprint density at radius 3 is 2.45 bits per heavy atom. The number of aryl methyl sites for hydroxylation is 1. The van der Waals surface area contributed by atoms with Gasteiger partial charge in [-0.2, -0.15) is 5.10 Å². The van der Waals surface area contributed by atoms with E-state index in [0.717, 1.165) is 4.68 Å². The molecule has 0 saturated heterocycles. The van der Waals surface area contributed by atoms with E-state index in [2.05, 4.69) is 10.4 Å². The molecule has 31 heavy (non-hydrogen) atoms. The van der Waals surface area contributed by atoms with Crippen LogP contribution in [0.1, 0.15) is 5.69 Å². The normalized spacial score (nSPS) is 10.6. The van der Waals surface area contributed by atoms with Crippen LogP contribution in [0.2, 0.25) is 5.02 Å². The predicted molar refractivity (Wildman–Crippen MR) is 115 cm³/mol. The van der Waals surface area contributed by atoms with Gasteiger partial charge in [0.15, 0.2) is 6.61 Å². The lowest BCUT2D eigenvalue weighted by Crippen LogP contribution is -2.24. The smallest absolute Gasteiger partial charge is 0.312 e. The van der Waals surface area contributed by atoms with Crippen LogP contribution in [0.15, 0.2) is 41.2 Å². The number of fused-ring (bicyclic) bond motifs is 1. The van der Waals surface area contributed by atoms with Crippen LogP contribution in [0.5, 0.6) is 11.5 Å².